The molecule has 0 spiro atoms. The minimum atomic E-state index is -0.615. The first-order valence-corrected chi connectivity index (χ1v) is 10.7. The van der Waals surface area contributed by atoms with Gasteiger partial charge in [-0.05, 0) is 25.1 Å². The molecule has 0 N–H and O–H groups in total. The molecule has 2 fully saturated rings. The van der Waals surface area contributed by atoms with Gasteiger partial charge in [-0.1, -0.05) is 12.6 Å². The van der Waals surface area contributed by atoms with Crippen molar-refractivity contribution in [3.63, 3.8) is 0 Å². The first-order chi connectivity index (χ1) is 15.3. The third kappa shape index (κ3) is 5.61. The number of rotatable bonds is 8. The van der Waals surface area contributed by atoms with Gasteiger partial charge in [0.15, 0.2) is 0 Å². The number of carbonyl (C=O) groups excluding carboxylic acids is 3. The van der Waals surface area contributed by atoms with E-state index in [9.17, 15) is 18.8 Å². The van der Waals surface area contributed by atoms with Crippen molar-refractivity contribution in [2.75, 3.05) is 69.4 Å². The first-order valence-electron chi connectivity index (χ1n) is 10.3. The smallest absolute Gasteiger partial charge is 0.414 e. The standard InChI is InChI=1S/C20H27FN4O6S/c1-3-25(20(28)32)30-12-15-11-24(19(27)31-15)14-4-5-17(16(21)10-14)22-6-8-23(9-7-22)18(26)13-29-2/h4-5,10,15H,3,6-9,11-13H2,1-2H3,(H,28,32)/t15-/m0/s1. The Bertz CT molecular complexity index is 851. The fourth-order valence-electron chi connectivity index (χ4n) is 3.61. The summed E-state index contributed by atoms with van der Waals surface area (Å²) in [7, 11) is 1.47. The van der Waals surface area contributed by atoms with Gasteiger partial charge in [-0.25, -0.2) is 14.2 Å². The molecule has 0 aliphatic carbocycles. The average molecular weight is 471 g/mol. The summed E-state index contributed by atoms with van der Waals surface area (Å²) in [6.07, 6.45) is -1.22. The van der Waals surface area contributed by atoms with Gasteiger partial charge < -0.3 is 19.3 Å². The highest BCUT2D eigenvalue weighted by molar-refractivity contribution is 7.96. The summed E-state index contributed by atoms with van der Waals surface area (Å²) in [5.41, 5.74) is 0.774. The average Bonchev–Trinajstić information content (AvgIpc) is 3.14. The molecule has 176 valence electrons. The van der Waals surface area contributed by atoms with Crippen LogP contribution in [0.2, 0.25) is 0 Å². The Hall–Kier alpha value is -2.57. The third-order valence-corrected chi connectivity index (χ3v) is 5.50. The number of hydroxylamine groups is 2. The van der Waals surface area contributed by atoms with Crippen molar-refractivity contribution in [1.82, 2.24) is 9.96 Å². The zero-order valence-electron chi connectivity index (χ0n) is 18.0. The molecular formula is C20H27FN4O6S. The van der Waals surface area contributed by atoms with Gasteiger partial charge in [-0.2, -0.15) is 0 Å². The number of benzene rings is 1. The van der Waals surface area contributed by atoms with E-state index in [2.05, 4.69) is 12.6 Å². The van der Waals surface area contributed by atoms with Crippen LogP contribution in [-0.2, 0) is 19.1 Å². The van der Waals surface area contributed by atoms with Crippen molar-refractivity contribution < 1.29 is 33.1 Å². The van der Waals surface area contributed by atoms with Crippen LogP contribution in [0, 0.1) is 5.82 Å². The maximum Gasteiger partial charge on any atom is 0.414 e. The fourth-order valence-corrected chi connectivity index (χ4v) is 3.80. The van der Waals surface area contributed by atoms with Gasteiger partial charge in [-0.3, -0.25) is 19.3 Å². The Morgan fingerprint density at radius 2 is 2.00 bits per heavy atom. The molecule has 1 aromatic carbocycles. The second-order valence-electron chi connectivity index (χ2n) is 7.33. The van der Waals surface area contributed by atoms with Gasteiger partial charge in [0.25, 0.3) is 0 Å². The number of amides is 3. The fraction of sp³-hybridized carbons (Fsp3) is 0.550. The molecule has 2 aliphatic rings. The minimum absolute atomic E-state index is 0.0188. The van der Waals surface area contributed by atoms with Gasteiger partial charge in [0.2, 0.25) is 5.91 Å². The highest BCUT2D eigenvalue weighted by Gasteiger charge is 2.34. The maximum atomic E-state index is 14.9. The van der Waals surface area contributed by atoms with Crippen LogP contribution in [0.5, 0.6) is 0 Å². The number of hydrogen-bond acceptors (Lipinski definition) is 7. The summed E-state index contributed by atoms with van der Waals surface area (Å²) in [5, 5.41) is 0.506. The molecular weight excluding hydrogens is 443 g/mol. The Labute approximate surface area is 191 Å². The molecule has 1 aromatic rings. The van der Waals surface area contributed by atoms with E-state index >= 15 is 0 Å². The van der Waals surface area contributed by atoms with Gasteiger partial charge in [0.05, 0.1) is 17.9 Å². The number of carbonyl (C=O) groups is 3. The second-order valence-corrected chi connectivity index (χ2v) is 7.71. The first kappa shape index (κ1) is 24.1. The second kappa shape index (κ2) is 10.8. The van der Waals surface area contributed by atoms with Gasteiger partial charge >= 0.3 is 11.3 Å². The van der Waals surface area contributed by atoms with Crippen LogP contribution < -0.4 is 9.80 Å². The van der Waals surface area contributed by atoms with E-state index in [1.165, 1.54) is 18.1 Å². The molecule has 0 radical (unpaired) electrons. The maximum absolute atomic E-state index is 14.9. The highest BCUT2D eigenvalue weighted by Crippen LogP contribution is 2.28. The molecule has 3 amide bonds. The lowest BCUT2D eigenvalue weighted by Crippen LogP contribution is -2.50. The van der Waals surface area contributed by atoms with Gasteiger partial charge in [0, 0.05) is 39.8 Å². The van der Waals surface area contributed by atoms with Crippen LogP contribution in [0.4, 0.5) is 25.4 Å². The van der Waals surface area contributed by atoms with E-state index in [4.69, 9.17) is 14.3 Å². The molecule has 2 heterocycles. The van der Waals surface area contributed by atoms with E-state index in [1.807, 2.05) is 4.90 Å². The van der Waals surface area contributed by atoms with Crippen molar-refractivity contribution in [1.29, 1.82) is 0 Å². The van der Waals surface area contributed by atoms with Crippen LogP contribution in [0.1, 0.15) is 6.92 Å². The van der Waals surface area contributed by atoms with Gasteiger partial charge in [0.1, 0.15) is 25.1 Å². The Morgan fingerprint density at radius 3 is 2.59 bits per heavy atom. The predicted molar refractivity (Wildman–Crippen MR) is 117 cm³/mol. The number of methoxy groups -OCH3 is 1. The van der Waals surface area contributed by atoms with Crippen LogP contribution in [0.3, 0.4) is 0 Å². The number of piperazine rings is 1. The zero-order valence-corrected chi connectivity index (χ0v) is 18.9. The van der Waals surface area contributed by atoms with Crippen LogP contribution >= 0.6 is 12.6 Å². The number of ether oxygens (including phenoxy) is 2. The number of cyclic esters (lactones) is 1. The summed E-state index contributed by atoms with van der Waals surface area (Å²) in [6.45, 7) is 4.15. The molecule has 0 aromatic heterocycles. The van der Waals surface area contributed by atoms with Crippen LogP contribution in [0.25, 0.3) is 0 Å². The summed E-state index contributed by atoms with van der Waals surface area (Å²) >= 11 is 3.70. The Balaban J connectivity index is 1.59. The predicted octanol–water partition coefficient (Wildman–Crippen LogP) is 1.75. The highest BCUT2D eigenvalue weighted by atomic mass is 32.1. The molecule has 12 heteroatoms. The lowest BCUT2D eigenvalue weighted by atomic mass is 10.2. The lowest BCUT2D eigenvalue weighted by molar-refractivity contribution is -0.135. The van der Waals surface area contributed by atoms with Gasteiger partial charge in [-0.15, -0.1) is 0 Å². The third-order valence-electron chi connectivity index (χ3n) is 5.27. The molecule has 0 saturated carbocycles. The molecule has 32 heavy (non-hydrogen) atoms. The van der Waals surface area contributed by atoms with Crippen molar-refractivity contribution in [2.24, 2.45) is 0 Å². The van der Waals surface area contributed by atoms with E-state index in [-0.39, 0.29) is 25.7 Å². The summed E-state index contributed by atoms with van der Waals surface area (Å²) < 4.78 is 25.0. The molecule has 10 nitrogen and oxygen atoms in total. The van der Waals surface area contributed by atoms with Crippen LogP contribution in [0.15, 0.2) is 18.2 Å². The monoisotopic (exact) mass is 470 g/mol. The molecule has 2 aliphatic heterocycles. The number of nitrogens with zero attached hydrogens (tertiary/aromatic N) is 4. The summed E-state index contributed by atoms with van der Waals surface area (Å²) in [6, 6.07) is 4.56. The van der Waals surface area contributed by atoms with E-state index < -0.39 is 23.3 Å². The topological polar surface area (TPSA) is 91.9 Å². The summed E-state index contributed by atoms with van der Waals surface area (Å²) in [4.78, 5) is 45.7. The Kier molecular flexibility index (Phi) is 8.15. The van der Waals surface area contributed by atoms with E-state index in [0.29, 0.717) is 44.1 Å². The SMILES string of the molecule is CCN(OC[C@@H]1CN(c2ccc(N3CCN(C(=O)COC)CC3)c(F)c2)C(=O)O1)C(=O)S. The zero-order chi connectivity index (χ0) is 23.3. The van der Waals surface area contributed by atoms with Crippen molar-refractivity contribution in [2.45, 2.75) is 13.0 Å². The van der Waals surface area contributed by atoms with Crippen molar-refractivity contribution in [3.05, 3.63) is 24.0 Å². The lowest BCUT2D eigenvalue weighted by Gasteiger charge is -2.36. The largest absolute Gasteiger partial charge is 0.441 e. The summed E-state index contributed by atoms with van der Waals surface area (Å²) in [5.74, 6) is -0.556. The molecule has 0 bridgehead atoms. The van der Waals surface area contributed by atoms with E-state index in [1.54, 1.807) is 24.0 Å². The quantitative estimate of drug-likeness (QED) is 0.457. The number of thiol groups is 1. The normalized spacial score (nSPS) is 18.7. The van der Waals surface area contributed by atoms with Crippen molar-refractivity contribution >= 4 is 41.2 Å². The molecule has 2 saturated heterocycles. The number of anilines is 2. The number of hydrogen-bond donors (Lipinski definition) is 1. The van der Waals surface area contributed by atoms with Crippen LogP contribution in [-0.4, -0.2) is 92.9 Å². The van der Waals surface area contributed by atoms with Crippen molar-refractivity contribution in [3.8, 4) is 0 Å². The molecule has 3 rings (SSSR count). The minimum Gasteiger partial charge on any atom is -0.441 e. The van der Waals surface area contributed by atoms with E-state index in [0.717, 1.165) is 5.06 Å². The Morgan fingerprint density at radius 1 is 1.28 bits per heavy atom. The number of halogens is 1. The molecule has 0 unspecified atom stereocenters. The molecule has 1 atom stereocenters.